The third kappa shape index (κ3) is 3.28. The van der Waals surface area contributed by atoms with Crippen molar-refractivity contribution in [1.29, 1.82) is 0 Å². The molecule has 2 nitrogen and oxygen atoms in total. The monoisotopic (exact) mass is 197 g/mol. The number of hydrogen-bond acceptors (Lipinski definition) is 3. The first kappa shape index (κ1) is 10.4. The lowest BCUT2D eigenvalue weighted by atomic mass is 9.98. The fourth-order valence-electron chi connectivity index (χ4n) is 1.18. The van der Waals surface area contributed by atoms with Crippen LogP contribution in [0, 0.1) is 5.92 Å². The van der Waals surface area contributed by atoms with Crippen LogP contribution in [0.4, 0.5) is 0 Å². The van der Waals surface area contributed by atoms with Crippen molar-refractivity contribution >= 4 is 17.1 Å². The molecule has 0 fully saturated rings. The number of thiophene rings is 1. The standard InChI is InChI=1S/C10H15NOS/c1-8(2-4-11)10(12)6-9-3-5-13-7-9/h3,5,7-8H,2,4,6,11H2,1H3. The van der Waals surface area contributed by atoms with Gasteiger partial charge in [0, 0.05) is 12.3 Å². The van der Waals surface area contributed by atoms with E-state index in [-0.39, 0.29) is 5.92 Å². The van der Waals surface area contributed by atoms with Crippen molar-refractivity contribution in [2.24, 2.45) is 11.7 Å². The minimum atomic E-state index is 0.102. The Hall–Kier alpha value is -0.670. The fraction of sp³-hybridized carbons (Fsp3) is 0.500. The van der Waals surface area contributed by atoms with E-state index in [4.69, 9.17) is 5.73 Å². The zero-order valence-corrected chi connectivity index (χ0v) is 8.64. The van der Waals surface area contributed by atoms with Crippen LogP contribution < -0.4 is 5.73 Å². The minimum absolute atomic E-state index is 0.102. The molecule has 0 saturated heterocycles. The van der Waals surface area contributed by atoms with E-state index in [1.165, 1.54) is 0 Å². The maximum Gasteiger partial charge on any atom is 0.140 e. The van der Waals surface area contributed by atoms with Gasteiger partial charge in [-0.1, -0.05) is 6.92 Å². The predicted molar refractivity (Wildman–Crippen MR) is 55.9 cm³/mol. The van der Waals surface area contributed by atoms with Crippen molar-refractivity contribution in [2.75, 3.05) is 6.54 Å². The van der Waals surface area contributed by atoms with Crippen LogP contribution in [0.3, 0.4) is 0 Å². The first-order chi connectivity index (χ1) is 6.24. The summed E-state index contributed by atoms with van der Waals surface area (Å²) >= 11 is 1.63. The van der Waals surface area contributed by atoms with Gasteiger partial charge in [0.1, 0.15) is 5.78 Å². The Balaban J connectivity index is 2.41. The smallest absolute Gasteiger partial charge is 0.140 e. The molecular formula is C10H15NOS. The first-order valence-electron chi connectivity index (χ1n) is 4.48. The van der Waals surface area contributed by atoms with E-state index in [2.05, 4.69) is 0 Å². The number of rotatable bonds is 5. The SMILES string of the molecule is CC(CCN)C(=O)Cc1ccsc1. The highest BCUT2D eigenvalue weighted by Gasteiger charge is 2.12. The summed E-state index contributed by atoms with van der Waals surface area (Å²) in [6, 6.07) is 2.00. The molecule has 1 aromatic rings. The van der Waals surface area contributed by atoms with Crippen molar-refractivity contribution < 1.29 is 4.79 Å². The second kappa shape index (κ2) is 5.14. The van der Waals surface area contributed by atoms with Crippen molar-refractivity contribution in [1.82, 2.24) is 0 Å². The van der Waals surface area contributed by atoms with E-state index >= 15 is 0 Å². The summed E-state index contributed by atoms with van der Waals surface area (Å²) in [5, 5.41) is 4.02. The van der Waals surface area contributed by atoms with Gasteiger partial charge in [0.05, 0.1) is 0 Å². The zero-order valence-electron chi connectivity index (χ0n) is 7.82. The molecule has 0 aromatic carbocycles. The molecule has 1 rings (SSSR count). The van der Waals surface area contributed by atoms with Gasteiger partial charge in [-0.25, -0.2) is 0 Å². The Morgan fingerprint density at radius 3 is 3.00 bits per heavy atom. The molecule has 2 N–H and O–H groups in total. The minimum Gasteiger partial charge on any atom is -0.330 e. The number of hydrogen-bond donors (Lipinski definition) is 1. The average Bonchev–Trinajstić information content (AvgIpc) is 2.57. The van der Waals surface area contributed by atoms with E-state index < -0.39 is 0 Å². The van der Waals surface area contributed by atoms with Gasteiger partial charge in [0.15, 0.2) is 0 Å². The Morgan fingerprint density at radius 2 is 2.46 bits per heavy atom. The van der Waals surface area contributed by atoms with Gasteiger partial charge in [-0.05, 0) is 35.4 Å². The molecule has 3 heteroatoms. The highest BCUT2D eigenvalue weighted by Crippen LogP contribution is 2.11. The summed E-state index contributed by atoms with van der Waals surface area (Å²) < 4.78 is 0. The molecule has 1 heterocycles. The van der Waals surface area contributed by atoms with Crippen LogP contribution in [0.15, 0.2) is 16.8 Å². The highest BCUT2D eigenvalue weighted by molar-refractivity contribution is 7.07. The van der Waals surface area contributed by atoms with Crippen molar-refractivity contribution in [3.05, 3.63) is 22.4 Å². The molecule has 0 spiro atoms. The number of Topliss-reactive ketones (excluding diaryl/α,β-unsaturated/α-hetero) is 1. The maximum atomic E-state index is 11.5. The van der Waals surface area contributed by atoms with E-state index in [1.807, 2.05) is 23.8 Å². The van der Waals surface area contributed by atoms with Gasteiger partial charge in [-0.2, -0.15) is 11.3 Å². The average molecular weight is 197 g/mol. The molecule has 1 unspecified atom stereocenters. The van der Waals surface area contributed by atoms with Gasteiger partial charge in [-0.15, -0.1) is 0 Å². The van der Waals surface area contributed by atoms with Crippen LogP contribution >= 0.6 is 11.3 Å². The van der Waals surface area contributed by atoms with Crippen molar-refractivity contribution in [3.63, 3.8) is 0 Å². The van der Waals surface area contributed by atoms with Gasteiger partial charge in [0.25, 0.3) is 0 Å². The lowest BCUT2D eigenvalue weighted by molar-refractivity contribution is -0.121. The summed E-state index contributed by atoms with van der Waals surface area (Å²) in [6.45, 7) is 2.54. The topological polar surface area (TPSA) is 43.1 Å². The molecule has 13 heavy (non-hydrogen) atoms. The van der Waals surface area contributed by atoms with Gasteiger partial charge in [-0.3, -0.25) is 4.79 Å². The maximum absolute atomic E-state index is 11.5. The molecule has 0 aliphatic carbocycles. The van der Waals surface area contributed by atoms with E-state index in [0.717, 1.165) is 12.0 Å². The molecule has 0 aliphatic rings. The van der Waals surface area contributed by atoms with Crippen LogP contribution in [0.1, 0.15) is 18.9 Å². The van der Waals surface area contributed by atoms with Gasteiger partial charge >= 0.3 is 0 Å². The second-order valence-electron chi connectivity index (χ2n) is 3.25. The number of carbonyl (C=O) groups is 1. The molecule has 0 saturated carbocycles. The molecule has 1 atom stereocenters. The predicted octanol–water partition coefficient (Wildman–Crippen LogP) is 1.84. The summed E-state index contributed by atoms with van der Waals surface area (Å²) in [5.41, 5.74) is 6.51. The van der Waals surface area contributed by atoms with E-state index in [9.17, 15) is 4.79 Å². The Bertz CT molecular complexity index is 256. The van der Waals surface area contributed by atoms with E-state index in [0.29, 0.717) is 18.7 Å². The largest absolute Gasteiger partial charge is 0.330 e. The van der Waals surface area contributed by atoms with Crippen LogP contribution in [-0.2, 0) is 11.2 Å². The molecular weight excluding hydrogens is 182 g/mol. The van der Waals surface area contributed by atoms with Gasteiger partial charge in [0.2, 0.25) is 0 Å². The molecule has 0 aliphatic heterocycles. The Kier molecular flexibility index (Phi) is 4.12. The molecule has 0 bridgehead atoms. The number of ketones is 1. The van der Waals surface area contributed by atoms with E-state index in [1.54, 1.807) is 11.3 Å². The van der Waals surface area contributed by atoms with Crippen LogP contribution in [0.2, 0.25) is 0 Å². The van der Waals surface area contributed by atoms with Crippen molar-refractivity contribution in [2.45, 2.75) is 19.8 Å². The molecule has 0 amide bonds. The summed E-state index contributed by atoms with van der Waals surface area (Å²) in [5.74, 6) is 0.397. The number of nitrogens with two attached hydrogens (primary N) is 1. The fourth-order valence-corrected chi connectivity index (χ4v) is 1.85. The third-order valence-corrected chi connectivity index (χ3v) is 2.84. The lowest BCUT2D eigenvalue weighted by Gasteiger charge is -2.07. The van der Waals surface area contributed by atoms with Crippen LogP contribution in [-0.4, -0.2) is 12.3 Å². The van der Waals surface area contributed by atoms with Crippen LogP contribution in [0.25, 0.3) is 0 Å². The summed E-state index contributed by atoms with van der Waals surface area (Å²) in [6.07, 6.45) is 1.35. The summed E-state index contributed by atoms with van der Waals surface area (Å²) in [7, 11) is 0. The Morgan fingerprint density at radius 1 is 1.69 bits per heavy atom. The molecule has 0 radical (unpaired) electrons. The lowest BCUT2D eigenvalue weighted by Crippen LogP contribution is -2.17. The highest BCUT2D eigenvalue weighted by atomic mass is 32.1. The normalized spacial score (nSPS) is 12.8. The zero-order chi connectivity index (χ0) is 9.68. The Labute approximate surface area is 82.8 Å². The quantitative estimate of drug-likeness (QED) is 0.782. The van der Waals surface area contributed by atoms with Crippen LogP contribution in [0.5, 0.6) is 0 Å². The summed E-state index contributed by atoms with van der Waals surface area (Å²) in [4.78, 5) is 11.5. The molecule has 1 aromatic heterocycles. The second-order valence-corrected chi connectivity index (χ2v) is 4.03. The number of carbonyl (C=O) groups excluding carboxylic acids is 1. The van der Waals surface area contributed by atoms with Crippen molar-refractivity contribution in [3.8, 4) is 0 Å². The molecule has 72 valence electrons. The third-order valence-electron chi connectivity index (χ3n) is 2.11. The first-order valence-corrected chi connectivity index (χ1v) is 5.42. The van der Waals surface area contributed by atoms with Gasteiger partial charge < -0.3 is 5.73 Å².